The van der Waals surface area contributed by atoms with Gasteiger partial charge in [-0.1, -0.05) is 20.8 Å². The summed E-state index contributed by atoms with van der Waals surface area (Å²) in [5.41, 5.74) is 1.37. The predicted molar refractivity (Wildman–Crippen MR) is 88.3 cm³/mol. The summed E-state index contributed by atoms with van der Waals surface area (Å²) >= 11 is 0. The lowest BCUT2D eigenvalue weighted by Crippen LogP contribution is -2.26. The Morgan fingerprint density at radius 3 is 2.76 bits per heavy atom. The highest BCUT2D eigenvalue weighted by Crippen LogP contribution is 2.30. The fourth-order valence-corrected chi connectivity index (χ4v) is 2.77. The minimum atomic E-state index is 0.680. The summed E-state index contributed by atoms with van der Waals surface area (Å²) < 4.78 is 5.91. The Morgan fingerprint density at radius 1 is 1.38 bits per heavy atom. The molecule has 0 amide bonds. The Morgan fingerprint density at radius 2 is 2.14 bits per heavy atom. The lowest BCUT2D eigenvalue weighted by Gasteiger charge is -2.21. The van der Waals surface area contributed by atoms with Crippen LogP contribution in [0.25, 0.3) is 0 Å². The average molecular weight is 292 g/mol. The van der Waals surface area contributed by atoms with Gasteiger partial charge in [-0.15, -0.1) is 0 Å². The van der Waals surface area contributed by atoms with Gasteiger partial charge in [-0.05, 0) is 57.2 Å². The summed E-state index contributed by atoms with van der Waals surface area (Å²) in [6.07, 6.45) is 4.08. The lowest BCUT2D eigenvalue weighted by atomic mass is 10.2. The van der Waals surface area contributed by atoms with Crippen molar-refractivity contribution in [1.82, 2.24) is 10.2 Å². The van der Waals surface area contributed by atoms with E-state index in [1.807, 2.05) is 0 Å². The third kappa shape index (κ3) is 5.84. The molecule has 0 aliphatic heterocycles. The molecule has 0 atom stereocenters. The Labute approximate surface area is 130 Å². The highest BCUT2D eigenvalue weighted by molar-refractivity contribution is 5.20. The van der Waals surface area contributed by atoms with Crippen LogP contribution in [0.1, 0.15) is 57.1 Å². The van der Waals surface area contributed by atoms with Gasteiger partial charge in [-0.25, -0.2) is 0 Å². The van der Waals surface area contributed by atoms with Crippen LogP contribution < -0.4 is 5.32 Å². The summed E-state index contributed by atoms with van der Waals surface area (Å²) in [7, 11) is 0. The van der Waals surface area contributed by atoms with Gasteiger partial charge in [0.1, 0.15) is 11.5 Å². The fourth-order valence-electron chi connectivity index (χ4n) is 2.77. The van der Waals surface area contributed by atoms with E-state index in [9.17, 15) is 0 Å². The molecule has 21 heavy (non-hydrogen) atoms. The molecule has 3 nitrogen and oxygen atoms in total. The molecule has 1 heterocycles. The van der Waals surface area contributed by atoms with Crippen LogP contribution >= 0.6 is 0 Å². The number of aryl methyl sites for hydroxylation is 1. The van der Waals surface area contributed by atoms with Crippen molar-refractivity contribution in [2.45, 2.75) is 60.0 Å². The van der Waals surface area contributed by atoms with Gasteiger partial charge in [0.2, 0.25) is 0 Å². The Hall–Kier alpha value is -0.800. The first-order valence-electron chi connectivity index (χ1n) is 8.59. The molecule has 1 fully saturated rings. The van der Waals surface area contributed by atoms with Crippen LogP contribution in [-0.2, 0) is 13.1 Å². The van der Waals surface area contributed by atoms with Crippen LogP contribution in [-0.4, -0.2) is 24.5 Å². The molecule has 1 aliphatic rings. The molecule has 1 aromatic rings. The smallest absolute Gasteiger partial charge is 0.118 e. The number of nitrogens with zero attached hydrogens (tertiary/aromatic N) is 1. The summed E-state index contributed by atoms with van der Waals surface area (Å²) in [6, 6.07) is 2.25. The van der Waals surface area contributed by atoms with E-state index in [-0.39, 0.29) is 0 Å². The van der Waals surface area contributed by atoms with E-state index in [4.69, 9.17) is 4.42 Å². The second kappa shape index (κ2) is 8.00. The SMILES string of the molecule is CCCN(Cc1cc(CNCC(C)C)oc1C)CC1CC1. The van der Waals surface area contributed by atoms with E-state index in [0.717, 1.165) is 37.1 Å². The normalized spacial score (nSPS) is 15.3. The number of furan rings is 1. The van der Waals surface area contributed by atoms with Gasteiger partial charge in [-0.3, -0.25) is 4.90 Å². The van der Waals surface area contributed by atoms with Crippen LogP contribution in [0.5, 0.6) is 0 Å². The van der Waals surface area contributed by atoms with Crippen LogP contribution in [0.15, 0.2) is 10.5 Å². The quantitative estimate of drug-likeness (QED) is 0.707. The monoisotopic (exact) mass is 292 g/mol. The van der Waals surface area contributed by atoms with Crippen molar-refractivity contribution >= 4 is 0 Å². The standard InChI is InChI=1S/C18H32N2O/c1-5-8-20(12-16-6-7-16)13-17-9-18(21-15(17)4)11-19-10-14(2)3/h9,14,16,19H,5-8,10-13H2,1-4H3. The second-order valence-corrected chi connectivity index (χ2v) is 7.00. The Balaban J connectivity index is 1.87. The maximum atomic E-state index is 5.91. The topological polar surface area (TPSA) is 28.4 Å². The minimum Gasteiger partial charge on any atom is -0.465 e. The van der Waals surface area contributed by atoms with E-state index < -0.39 is 0 Å². The second-order valence-electron chi connectivity index (χ2n) is 7.00. The molecule has 0 unspecified atom stereocenters. The van der Waals surface area contributed by atoms with Gasteiger partial charge < -0.3 is 9.73 Å². The molecule has 1 N–H and O–H groups in total. The third-order valence-corrected chi connectivity index (χ3v) is 4.07. The van der Waals surface area contributed by atoms with Gasteiger partial charge >= 0.3 is 0 Å². The largest absolute Gasteiger partial charge is 0.465 e. The molecule has 0 spiro atoms. The zero-order valence-corrected chi connectivity index (χ0v) is 14.2. The molecule has 1 aromatic heterocycles. The first kappa shape index (κ1) is 16.6. The van der Waals surface area contributed by atoms with E-state index in [2.05, 4.69) is 44.0 Å². The van der Waals surface area contributed by atoms with E-state index >= 15 is 0 Å². The number of nitrogens with one attached hydrogen (secondary N) is 1. The minimum absolute atomic E-state index is 0.680. The predicted octanol–water partition coefficient (Wildman–Crippen LogP) is 3.96. The van der Waals surface area contributed by atoms with Gasteiger partial charge in [0.15, 0.2) is 0 Å². The van der Waals surface area contributed by atoms with Gasteiger partial charge in [0, 0.05) is 18.7 Å². The first-order chi connectivity index (χ1) is 10.1. The van der Waals surface area contributed by atoms with Crippen molar-refractivity contribution in [3.05, 3.63) is 23.2 Å². The highest BCUT2D eigenvalue weighted by Gasteiger charge is 2.24. The summed E-state index contributed by atoms with van der Waals surface area (Å²) in [5.74, 6) is 3.80. The number of hydrogen-bond acceptors (Lipinski definition) is 3. The van der Waals surface area contributed by atoms with Crippen molar-refractivity contribution in [3.8, 4) is 0 Å². The van der Waals surface area contributed by atoms with E-state index in [1.165, 1.54) is 37.9 Å². The molecule has 1 aliphatic carbocycles. The third-order valence-electron chi connectivity index (χ3n) is 4.07. The Kier molecular flexibility index (Phi) is 6.31. The molecule has 0 aromatic carbocycles. The van der Waals surface area contributed by atoms with Gasteiger partial charge in [-0.2, -0.15) is 0 Å². The van der Waals surface area contributed by atoms with Crippen LogP contribution in [0.2, 0.25) is 0 Å². The summed E-state index contributed by atoms with van der Waals surface area (Å²) in [4.78, 5) is 2.60. The highest BCUT2D eigenvalue weighted by atomic mass is 16.3. The number of hydrogen-bond donors (Lipinski definition) is 1. The lowest BCUT2D eigenvalue weighted by molar-refractivity contribution is 0.253. The molecule has 2 rings (SSSR count). The molecule has 3 heteroatoms. The van der Waals surface area contributed by atoms with E-state index in [0.29, 0.717) is 5.92 Å². The average Bonchev–Trinajstić information content (AvgIpc) is 3.15. The van der Waals surface area contributed by atoms with Crippen molar-refractivity contribution in [1.29, 1.82) is 0 Å². The zero-order valence-electron chi connectivity index (χ0n) is 14.2. The van der Waals surface area contributed by atoms with Gasteiger partial charge in [0.05, 0.1) is 6.54 Å². The Bertz CT molecular complexity index is 421. The van der Waals surface area contributed by atoms with Crippen molar-refractivity contribution in [2.75, 3.05) is 19.6 Å². The summed E-state index contributed by atoms with van der Waals surface area (Å²) in [6.45, 7) is 14.2. The summed E-state index contributed by atoms with van der Waals surface area (Å²) in [5, 5.41) is 3.46. The molecular formula is C18H32N2O. The molecule has 0 saturated heterocycles. The van der Waals surface area contributed by atoms with Crippen LogP contribution in [0.4, 0.5) is 0 Å². The maximum absolute atomic E-state index is 5.91. The molecule has 0 radical (unpaired) electrons. The molecule has 1 saturated carbocycles. The van der Waals surface area contributed by atoms with Crippen molar-refractivity contribution in [2.24, 2.45) is 11.8 Å². The van der Waals surface area contributed by atoms with E-state index in [1.54, 1.807) is 0 Å². The fraction of sp³-hybridized carbons (Fsp3) is 0.778. The first-order valence-corrected chi connectivity index (χ1v) is 8.59. The molecule has 0 bridgehead atoms. The maximum Gasteiger partial charge on any atom is 0.118 e. The number of rotatable bonds is 10. The molecule has 120 valence electrons. The van der Waals surface area contributed by atoms with Crippen molar-refractivity contribution < 1.29 is 4.42 Å². The van der Waals surface area contributed by atoms with Crippen molar-refractivity contribution in [3.63, 3.8) is 0 Å². The molecular weight excluding hydrogens is 260 g/mol. The zero-order chi connectivity index (χ0) is 15.2. The van der Waals surface area contributed by atoms with Crippen LogP contribution in [0, 0.1) is 18.8 Å². The van der Waals surface area contributed by atoms with Gasteiger partial charge in [0.25, 0.3) is 0 Å². The van der Waals surface area contributed by atoms with Crippen LogP contribution in [0.3, 0.4) is 0 Å².